The summed E-state index contributed by atoms with van der Waals surface area (Å²) in [7, 11) is 4.02. The Labute approximate surface area is 172 Å². The van der Waals surface area contributed by atoms with Gasteiger partial charge >= 0.3 is 0 Å². The SMILES string of the molecule is CN(C)Cc1ccnc(OCCC(=O)NCc2ccc(-c3csc(N)n3)s2)c1. The van der Waals surface area contributed by atoms with Crippen LogP contribution >= 0.6 is 22.7 Å². The van der Waals surface area contributed by atoms with Crippen LogP contribution in [0, 0.1) is 0 Å². The van der Waals surface area contributed by atoms with Gasteiger partial charge in [-0.15, -0.1) is 22.7 Å². The Kier molecular flexibility index (Phi) is 6.96. The summed E-state index contributed by atoms with van der Waals surface area (Å²) in [6.07, 6.45) is 2.00. The fourth-order valence-corrected chi connectivity index (χ4v) is 4.07. The molecule has 3 rings (SSSR count). The van der Waals surface area contributed by atoms with Gasteiger partial charge in [-0.2, -0.15) is 0 Å². The number of nitrogens with zero attached hydrogens (tertiary/aromatic N) is 3. The highest BCUT2D eigenvalue weighted by Crippen LogP contribution is 2.29. The zero-order valence-electron chi connectivity index (χ0n) is 15.8. The Morgan fingerprint density at radius 1 is 1.32 bits per heavy atom. The third-order valence-corrected chi connectivity index (χ3v) is 5.55. The first-order valence-corrected chi connectivity index (χ1v) is 10.5. The molecule has 3 aromatic rings. The summed E-state index contributed by atoms with van der Waals surface area (Å²) in [5.74, 6) is 0.481. The molecule has 148 valence electrons. The van der Waals surface area contributed by atoms with Crippen LogP contribution in [0.5, 0.6) is 5.88 Å². The topological polar surface area (TPSA) is 93.4 Å². The number of ether oxygens (including phenoxy) is 1. The van der Waals surface area contributed by atoms with Gasteiger partial charge < -0.3 is 20.7 Å². The molecule has 9 heteroatoms. The number of carbonyl (C=O) groups excluding carboxylic acids is 1. The fraction of sp³-hybridized carbons (Fsp3) is 0.316. The van der Waals surface area contributed by atoms with E-state index in [4.69, 9.17) is 10.5 Å². The molecule has 0 aliphatic carbocycles. The van der Waals surface area contributed by atoms with Gasteiger partial charge in [0.15, 0.2) is 5.13 Å². The van der Waals surface area contributed by atoms with Gasteiger partial charge in [-0.1, -0.05) is 0 Å². The van der Waals surface area contributed by atoms with Crippen LogP contribution in [-0.2, 0) is 17.9 Å². The minimum absolute atomic E-state index is 0.0581. The third kappa shape index (κ3) is 6.01. The van der Waals surface area contributed by atoms with Crippen molar-refractivity contribution in [2.24, 2.45) is 0 Å². The summed E-state index contributed by atoms with van der Waals surface area (Å²) in [6, 6.07) is 7.84. The number of rotatable bonds is 9. The van der Waals surface area contributed by atoms with Crippen LogP contribution in [-0.4, -0.2) is 41.5 Å². The molecule has 0 atom stereocenters. The number of amides is 1. The number of pyridine rings is 1. The van der Waals surface area contributed by atoms with Gasteiger partial charge in [0.05, 0.1) is 30.1 Å². The van der Waals surface area contributed by atoms with Crippen LogP contribution in [0.2, 0.25) is 0 Å². The van der Waals surface area contributed by atoms with E-state index < -0.39 is 0 Å². The molecular formula is C19H23N5O2S2. The lowest BCUT2D eigenvalue weighted by atomic mass is 10.2. The molecule has 0 aliphatic rings. The van der Waals surface area contributed by atoms with E-state index in [0.717, 1.165) is 27.6 Å². The molecule has 3 N–H and O–H groups in total. The van der Waals surface area contributed by atoms with Crippen molar-refractivity contribution < 1.29 is 9.53 Å². The number of nitrogens with one attached hydrogen (secondary N) is 1. The molecule has 0 aliphatic heterocycles. The first-order valence-electron chi connectivity index (χ1n) is 8.79. The molecule has 7 nitrogen and oxygen atoms in total. The average molecular weight is 418 g/mol. The van der Waals surface area contributed by atoms with Crippen molar-refractivity contribution in [3.8, 4) is 16.5 Å². The highest BCUT2D eigenvalue weighted by Gasteiger charge is 2.08. The van der Waals surface area contributed by atoms with Crippen molar-refractivity contribution in [3.05, 3.63) is 46.3 Å². The van der Waals surface area contributed by atoms with Gasteiger partial charge in [-0.05, 0) is 37.9 Å². The van der Waals surface area contributed by atoms with Gasteiger partial charge in [0.25, 0.3) is 0 Å². The minimum atomic E-state index is -0.0581. The van der Waals surface area contributed by atoms with Crippen LogP contribution in [0.25, 0.3) is 10.6 Å². The maximum absolute atomic E-state index is 12.1. The lowest BCUT2D eigenvalue weighted by Crippen LogP contribution is -2.24. The monoisotopic (exact) mass is 417 g/mol. The van der Waals surface area contributed by atoms with E-state index in [1.165, 1.54) is 11.3 Å². The van der Waals surface area contributed by atoms with Crippen LogP contribution in [0.1, 0.15) is 16.9 Å². The van der Waals surface area contributed by atoms with Gasteiger partial charge in [0.2, 0.25) is 11.8 Å². The van der Waals surface area contributed by atoms with E-state index in [1.54, 1.807) is 17.5 Å². The molecule has 1 amide bonds. The predicted molar refractivity (Wildman–Crippen MR) is 113 cm³/mol. The van der Waals surface area contributed by atoms with Crippen molar-refractivity contribution in [2.75, 3.05) is 26.4 Å². The lowest BCUT2D eigenvalue weighted by Gasteiger charge is -2.11. The Morgan fingerprint density at radius 3 is 2.93 bits per heavy atom. The van der Waals surface area contributed by atoms with E-state index in [9.17, 15) is 4.79 Å². The molecule has 0 unspecified atom stereocenters. The quantitative estimate of drug-likeness (QED) is 0.556. The van der Waals surface area contributed by atoms with Crippen LogP contribution in [0.4, 0.5) is 5.13 Å². The molecular weight excluding hydrogens is 394 g/mol. The fourth-order valence-electron chi connectivity index (χ4n) is 2.53. The van der Waals surface area contributed by atoms with Gasteiger partial charge in [-0.25, -0.2) is 9.97 Å². The number of nitrogens with two attached hydrogens (primary N) is 1. The molecule has 3 heterocycles. The number of hydrogen-bond donors (Lipinski definition) is 2. The first-order chi connectivity index (χ1) is 13.5. The van der Waals surface area contributed by atoms with E-state index >= 15 is 0 Å². The number of carbonyl (C=O) groups is 1. The molecule has 0 fully saturated rings. The van der Waals surface area contributed by atoms with Crippen LogP contribution in [0.15, 0.2) is 35.8 Å². The maximum Gasteiger partial charge on any atom is 0.223 e. The zero-order chi connectivity index (χ0) is 19.9. The maximum atomic E-state index is 12.1. The third-order valence-electron chi connectivity index (χ3n) is 3.77. The standard InChI is InChI=1S/C19H23N5O2S2/c1-24(2)11-13-5-7-21-18(9-13)26-8-6-17(25)22-10-14-3-4-16(28-14)15-12-27-19(20)23-15/h3-5,7,9,12H,6,8,10-11H2,1-2H3,(H2,20,23)(H,22,25). The molecule has 0 radical (unpaired) electrons. The molecule has 0 saturated heterocycles. The molecule has 0 aromatic carbocycles. The Morgan fingerprint density at radius 2 is 2.18 bits per heavy atom. The number of thiophene rings is 1. The van der Waals surface area contributed by atoms with Crippen LogP contribution < -0.4 is 15.8 Å². The largest absolute Gasteiger partial charge is 0.477 e. The molecule has 0 spiro atoms. The van der Waals surface area contributed by atoms with Crippen molar-refractivity contribution >= 4 is 33.7 Å². The number of thiazole rings is 1. The van der Waals surface area contributed by atoms with E-state index in [0.29, 0.717) is 17.6 Å². The summed E-state index contributed by atoms with van der Waals surface area (Å²) in [6.45, 7) is 1.59. The first kappa shape index (κ1) is 20.2. The zero-order valence-corrected chi connectivity index (χ0v) is 17.5. The van der Waals surface area contributed by atoms with Crippen molar-refractivity contribution in [1.29, 1.82) is 0 Å². The van der Waals surface area contributed by atoms with E-state index in [1.807, 2.05) is 43.7 Å². The van der Waals surface area contributed by atoms with Crippen molar-refractivity contribution in [2.45, 2.75) is 19.5 Å². The minimum Gasteiger partial charge on any atom is -0.477 e. The Bertz CT molecular complexity index is 922. The highest BCUT2D eigenvalue weighted by atomic mass is 32.1. The Hall–Kier alpha value is -2.49. The average Bonchev–Trinajstić information content (AvgIpc) is 3.28. The second-order valence-corrected chi connectivity index (χ2v) is 8.51. The van der Waals surface area contributed by atoms with E-state index in [-0.39, 0.29) is 18.9 Å². The smallest absolute Gasteiger partial charge is 0.223 e. The number of anilines is 1. The highest BCUT2D eigenvalue weighted by molar-refractivity contribution is 7.16. The van der Waals surface area contributed by atoms with E-state index in [2.05, 4.69) is 20.2 Å². The summed E-state index contributed by atoms with van der Waals surface area (Å²) >= 11 is 3.02. The molecule has 28 heavy (non-hydrogen) atoms. The predicted octanol–water partition coefficient (Wildman–Crippen LogP) is 3.00. The lowest BCUT2D eigenvalue weighted by molar-refractivity contribution is -0.121. The summed E-state index contributed by atoms with van der Waals surface area (Å²) in [4.78, 5) is 24.7. The number of hydrogen-bond acceptors (Lipinski definition) is 8. The van der Waals surface area contributed by atoms with Gasteiger partial charge in [-0.3, -0.25) is 4.79 Å². The number of aromatic nitrogens is 2. The molecule has 0 saturated carbocycles. The second kappa shape index (κ2) is 9.63. The van der Waals surface area contributed by atoms with Gasteiger partial charge in [0, 0.05) is 29.1 Å². The second-order valence-electron chi connectivity index (χ2n) is 6.45. The summed E-state index contributed by atoms with van der Waals surface area (Å²) < 4.78 is 5.61. The van der Waals surface area contributed by atoms with Crippen molar-refractivity contribution in [3.63, 3.8) is 0 Å². The van der Waals surface area contributed by atoms with Crippen molar-refractivity contribution in [1.82, 2.24) is 20.2 Å². The molecule has 3 aromatic heterocycles. The summed E-state index contributed by atoms with van der Waals surface area (Å²) in [5.41, 5.74) is 7.67. The normalized spacial score (nSPS) is 11.0. The molecule has 0 bridgehead atoms. The number of nitrogen functional groups attached to an aromatic ring is 1. The summed E-state index contributed by atoms with van der Waals surface area (Å²) in [5, 5.41) is 5.40. The Balaban J connectivity index is 1.41. The van der Waals surface area contributed by atoms with Gasteiger partial charge in [0.1, 0.15) is 0 Å². The van der Waals surface area contributed by atoms with Crippen LogP contribution in [0.3, 0.4) is 0 Å².